The first-order valence-corrected chi connectivity index (χ1v) is 4.98. The van der Waals surface area contributed by atoms with E-state index in [1.807, 2.05) is 0 Å². The Bertz CT molecular complexity index is 186. The predicted octanol–water partition coefficient (Wildman–Crippen LogP) is -1.06. The Morgan fingerprint density at radius 2 is 1.69 bits per heavy atom. The van der Waals surface area contributed by atoms with Gasteiger partial charge >= 0.3 is 0 Å². The Balaban J connectivity index is 2.10. The Kier molecular flexibility index (Phi) is 2.55. The fraction of sp³-hybridized carbons (Fsp3) is 1.00. The van der Waals surface area contributed by atoms with Gasteiger partial charge in [0.2, 0.25) is 0 Å². The second-order valence-electron chi connectivity index (χ2n) is 4.08. The lowest BCUT2D eigenvalue weighted by Crippen LogP contribution is -2.61. The van der Waals surface area contributed by atoms with Crippen LogP contribution in [-0.2, 0) is 0 Å². The number of hydrogen-bond donors (Lipinski definition) is 3. The zero-order chi connectivity index (χ0) is 9.42. The lowest BCUT2D eigenvalue weighted by molar-refractivity contribution is -0.126. The Hall–Kier alpha value is -0.160. The van der Waals surface area contributed by atoms with Crippen molar-refractivity contribution in [2.75, 3.05) is 13.1 Å². The lowest BCUT2D eigenvalue weighted by atomic mass is 9.87. The summed E-state index contributed by atoms with van der Waals surface area (Å²) >= 11 is 0. The topological polar surface area (TPSA) is 63.9 Å². The molecule has 2 saturated heterocycles. The largest absolute Gasteiger partial charge is 0.391 e. The predicted molar refractivity (Wildman–Crippen MR) is 47.2 cm³/mol. The normalized spacial score (nSPS) is 47.3. The van der Waals surface area contributed by atoms with Gasteiger partial charge in [0.25, 0.3) is 0 Å². The highest BCUT2D eigenvalue weighted by atomic mass is 16.3. The van der Waals surface area contributed by atoms with Crippen LogP contribution < -0.4 is 0 Å². The van der Waals surface area contributed by atoms with E-state index in [9.17, 15) is 15.3 Å². The molecule has 0 aliphatic carbocycles. The molecule has 0 amide bonds. The van der Waals surface area contributed by atoms with Gasteiger partial charge in [-0.1, -0.05) is 0 Å². The van der Waals surface area contributed by atoms with E-state index in [0.717, 1.165) is 25.9 Å². The first kappa shape index (κ1) is 9.40. The summed E-state index contributed by atoms with van der Waals surface area (Å²) in [5, 5.41) is 28.8. The fourth-order valence-corrected chi connectivity index (χ4v) is 2.47. The van der Waals surface area contributed by atoms with Gasteiger partial charge in [-0.2, -0.15) is 0 Å². The van der Waals surface area contributed by atoms with Gasteiger partial charge in [-0.05, 0) is 25.8 Å². The number of fused-ring (bicyclic) bond motifs is 1. The SMILES string of the molecule is OC1CCN2CCCC(O)C2C1O. The standard InChI is InChI=1S/C9H17NO3/c11-6-2-1-4-10-5-3-7(12)9(13)8(6)10/h6-9,11-13H,1-5H2. The van der Waals surface area contributed by atoms with Crippen LogP contribution in [0.3, 0.4) is 0 Å². The van der Waals surface area contributed by atoms with Crippen LogP contribution in [0.15, 0.2) is 0 Å². The Morgan fingerprint density at radius 1 is 0.923 bits per heavy atom. The molecule has 0 radical (unpaired) electrons. The fourth-order valence-electron chi connectivity index (χ4n) is 2.47. The first-order chi connectivity index (χ1) is 6.20. The molecule has 2 aliphatic rings. The van der Waals surface area contributed by atoms with E-state index in [4.69, 9.17) is 0 Å². The van der Waals surface area contributed by atoms with E-state index in [0.29, 0.717) is 6.42 Å². The minimum absolute atomic E-state index is 0.238. The van der Waals surface area contributed by atoms with E-state index in [-0.39, 0.29) is 6.04 Å². The third-order valence-corrected chi connectivity index (χ3v) is 3.22. The average molecular weight is 187 g/mol. The second kappa shape index (κ2) is 3.53. The number of hydrogen-bond acceptors (Lipinski definition) is 4. The summed E-state index contributed by atoms with van der Waals surface area (Å²) in [6, 6.07) is -0.238. The maximum atomic E-state index is 9.69. The van der Waals surface area contributed by atoms with Crippen LogP contribution in [0, 0.1) is 0 Å². The van der Waals surface area contributed by atoms with Crippen molar-refractivity contribution in [3.8, 4) is 0 Å². The molecule has 0 aromatic heterocycles. The minimum Gasteiger partial charge on any atom is -0.391 e. The van der Waals surface area contributed by atoms with Crippen molar-refractivity contribution in [2.24, 2.45) is 0 Å². The number of nitrogens with zero attached hydrogens (tertiary/aromatic N) is 1. The van der Waals surface area contributed by atoms with Gasteiger partial charge in [-0.15, -0.1) is 0 Å². The van der Waals surface area contributed by atoms with E-state index < -0.39 is 18.3 Å². The van der Waals surface area contributed by atoms with Crippen molar-refractivity contribution in [1.29, 1.82) is 0 Å². The highest BCUT2D eigenvalue weighted by Gasteiger charge is 2.41. The van der Waals surface area contributed by atoms with Crippen LogP contribution in [0.4, 0.5) is 0 Å². The number of aliphatic hydroxyl groups is 3. The van der Waals surface area contributed by atoms with Crippen LogP contribution >= 0.6 is 0 Å². The summed E-state index contributed by atoms with van der Waals surface area (Å²) in [5.74, 6) is 0. The lowest BCUT2D eigenvalue weighted by Gasteiger charge is -2.46. The molecule has 0 aromatic carbocycles. The van der Waals surface area contributed by atoms with Crippen molar-refractivity contribution in [2.45, 2.75) is 43.6 Å². The van der Waals surface area contributed by atoms with Crippen LogP contribution in [0.2, 0.25) is 0 Å². The van der Waals surface area contributed by atoms with Crippen LogP contribution in [0.25, 0.3) is 0 Å². The first-order valence-electron chi connectivity index (χ1n) is 4.98. The maximum Gasteiger partial charge on any atom is 0.0979 e. The van der Waals surface area contributed by atoms with Gasteiger partial charge in [0.05, 0.1) is 24.4 Å². The summed E-state index contributed by atoms with van der Waals surface area (Å²) in [6.45, 7) is 1.73. The van der Waals surface area contributed by atoms with Crippen molar-refractivity contribution in [1.82, 2.24) is 4.90 Å². The molecule has 0 saturated carbocycles. The van der Waals surface area contributed by atoms with Gasteiger partial charge < -0.3 is 15.3 Å². The molecule has 3 N–H and O–H groups in total. The van der Waals surface area contributed by atoms with E-state index in [2.05, 4.69) is 4.90 Å². The van der Waals surface area contributed by atoms with Crippen LogP contribution in [-0.4, -0.2) is 57.7 Å². The van der Waals surface area contributed by atoms with Crippen LogP contribution in [0.5, 0.6) is 0 Å². The van der Waals surface area contributed by atoms with Crippen molar-refractivity contribution in [3.05, 3.63) is 0 Å². The summed E-state index contributed by atoms with van der Waals surface area (Å²) in [6.07, 6.45) is 0.437. The Labute approximate surface area is 77.8 Å². The highest BCUT2D eigenvalue weighted by molar-refractivity contribution is 4.96. The van der Waals surface area contributed by atoms with Gasteiger partial charge in [-0.3, -0.25) is 4.90 Å². The maximum absolute atomic E-state index is 9.69. The number of rotatable bonds is 0. The highest BCUT2D eigenvalue weighted by Crippen LogP contribution is 2.26. The molecule has 4 unspecified atom stereocenters. The van der Waals surface area contributed by atoms with E-state index in [1.165, 1.54) is 0 Å². The summed E-state index contributed by atoms with van der Waals surface area (Å²) < 4.78 is 0. The van der Waals surface area contributed by atoms with Gasteiger partial charge in [-0.25, -0.2) is 0 Å². The third kappa shape index (κ3) is 1.59. The van der Waals surface area contributed by atoms with E-state index in [1.54, 1.807) is 0 Å². The molecule has 4 atom stereocenters. The summed E-state index contributed by atoms with van der Waals surface area (Å²) in [5.41, 5.74) is 0. The molecule has 4 nitrogen and oxygen atoms in total. The molecule has 0 aromatic rings. The van der Waals surface area contributed by atoms with Gasteiger partial charge in [0, 0.05) is 6.54 Å². The van der Waals surface area contributed by atoms with Gasteiger partial charge in [0.1, 0.15) is 0 Å². The average Bonchev–Trinajstić information content (AvgIpc) is 2.12. The molecule has 4 heteroatoms. The molecular formula is C9H17NO3. The number of piperidine rings is 2. The molecular weight excluding hydrogens is 170 g/mol. The molecule has 13 heavy (non-hydrogen) atoms. The van der Waals surface area contributed by atoms with Gasteiger partial charge in [0.15, 0.2) is 0 Å². The molecule has 2 heterocycles. The van der Waals surface area contributed by atoms with E-state index >= 15 is 0 Å². The Morgan fingerprint density at radius 3 is 2.46 bits per heavy atom. The molecule has 2 rings (SSSR count). The smallest absolute Gasteiger partial charge is 0.0979 e. The molecule has 2 fully saturated rings. The van der Waals surface area contributed by atoms with Crippen LogP contribution in [0.1, 0.15) is 19.3 Å². The van der Waals surface area contributed by atoms with Crippen molar-refractivity contribution in [3.63, 3.8) is 0 Å². The zero-order valence-corrected chi connectivity index (χ0v) is 7.63. The monoisotopic (exact) mass is 187 g/mol. The zero-order valence-electron chi connectivity index (χ0n) is 7.63. The quantitative estimate of drug-likeness (QED) is 0.452. The summed E-state index contributed by atoms with van der Waals surface area (Å²) in [7, 11) is 0. The van der Waals surface area contributed by atoms with Crippen molar-refractivity contribution < 1.29 is 15.3 Å². The summed E-state index contributed by atoms with van der Waals surface area (Å²) in [4.78, 5) is 2.09. The van der Waals surface area contributed by atoms with Crippen molar-refractivity contribution >= 4 is 0 Å². The third-order valence-electron chi connectivity index (χ3n) is 3.22. The molecule has 76 valence electrons. The minimum atomic E-state index is -0.774. The number of aliphatic hydroxyl groups excluding tert-OH is 3. The molecule has 2 aliphatic heterocycles. The second-order valence-corrected chi connectivity index (χ2v) is 4.08. The molecule has 0 spiro atoms. The molecule has 0 bridgehead atoms.